The molecule has 1 heterocycles. The molecule has 0 bridgehead atoms. The number of fused-ring (bicyclic) bond motifs is 1. The van der Waals surface area contributed by atoms with Crippen LogP contribution in [0.25, 0.3) is 11.1 Å². The lowest BCUT2D eigenvalue weighted by Crippen LogP contribution is -2.30. The van der Waals surface area contributed by atoms with Gasteiger partial charge in [-0.3, -0.25) is 0 Å². The smallest absolute Gasteiger partial charge is 0.161 e. The standard InChI is InChI=1S/C25H27NO2/c1-3-27-23-16-21-14-15-26-25(22(21)17-24(23)28-4-2)20-12-10-19(11-13-20)18-8-6-5-7-9-18/h5-13,16-17,25-26H,3-4,14-15H2,1-2H3/t25-/m1/s1. The molecule has 0 saturated carbocycles. The zero-order valence-corrected chi connectivity index (χ0v) is 16.6. The second-order valence-electron chi connectivity index (χ2n) is 6.99. The molecule has 0 aromatic heterocycles. The van der Waals surface area contributed by atoms with Gasteiger partial charge < -0.3 is 14.8 Å². The molecule has 0 fully saturated rings. The fourth-order valence-corrected chi connectivity index (χ4v) is 3.90. The largest absolute Gasteiger partial charge is 0.490 e. The van der Waals surface area contributed by atoms with Crippen LogP contribution in [0.3, 0.4) is 0 Å². The molecule has 0 aliphatic carbocycles. The Kier molecular flexibility index (Phi) is 5.63. The van der Waals surface area contributed by atoms with Crippen molar-refractivity contribution >= 4 is 0 Å². The number of ether oxygens (including phenoxy) is 2. The van der Waals surface area contributed by atoms with Crippen LogP contribution >= 0.6 is 0 Å². The Morgan fingerprint density at radius 3 is 2.14 bits per heavy atom. The second-order valence-corrected chi connectivity index (χ2v) is 6.99. The SMILES string of the molecule is CCOc1cc2c(cc1OCC)[C@@H](c1ccc(-c3ccccc3)cc1)NCC2. The molecule has 0 spiro atoms. The van der Waals surface area contributed by atoms with Gasteiger partial charge in [-0.2, -0.15) is 0 Å². The van der Waals surface area contributed by atoms with Crippen molar-refractivity contribution in [2.45, 2.75) is 26.3 Å². The van der Waals surface area contributed by atoms with E-state index in [0.29, 0.717) is 13.2 Å². The van der Waals surface area contributed by atoms with E-state index in [4.69, 9.17) is 9.47 Å². The number of rotatable bonds is 6. The summed E-state index contributed by atoms with van der Waals surface area (Å²) in [5.41, 5.74) is 6.37. The molecule has 0 unspecified atom stereocenters. The molecule has 0 saturated heterocycles. The quantitative estimate of drug-likeness (QED) is 0.629. The Hall–Kier alpha value is -2.78. The zero-order valence-electron chi connectivity index (χ0n) is 16.6. The van der Waals surface area contributed by atoms with Crippen molar-refractivity contribution in [1.82, 2.24) is 5.32 Å². The average Bonchev–Trinajstić information content (AvgIpc) is 2.75. The monoisotopic (exact) mass is 373 g/mol. The van der Waals surface area contributed by atoms with Gasteiger partial charge in [0.05, 0.1) is 19.3 Å². The van der Waals surface area contributed by atoms with E-state index in [1.807, 2.05) is 19.9 Å². The van der Waals surface area contributed by atoms with Gasteiger partial charge >= 0.3 is 0 Å². The highest BCUT2D eigenvalue weighted by Crippen LogP contribution is 2.38. The zero-order chi connectivity index (χ0) is 19.3. The first-order valence-electron chi connectivity index (χ1n) is 10.1. The van der Waals surface area contributed by atoms with Crippen LogP contribution in [-0.4, -0.2) is 19.8 Å². The van der Waals surface area contributed by atoms with Crippen molar-refractivity contribution in [2.75, 3.05) is 19.8 Å². The van der Waals surface area contributed by atoms with Crippen LogP contribution in [0.1, 0.15) is 36.6 Å². The van der Waals surface area contributed by atoms with Crippen molar-refractivity contribution in [3.63, 3.8) is 0 Å². The maximum absolute atomic E-state index is 5.86. The van der Waals surface area contributed by atoms with E-state index in [1.54, 1.807) is 0 Å². The minimum absolute atomic E-state index is 0.170. The average molecular weight is 373 g/mol. The van der Waals surface area contributed by atoms with Crippen molar-refractivity contribution in [3.05, 3.63) is 83.4 Å². The van der Waals surface area contributed by atoms with Crippen LogP contribution in [0.5, 0.6) is 11.5 Å². The van der Waals surface area contributed by atoms with Crippen LogP contribution in [0.4, 0.5) is 0 Å². The summed E-state index contributed by atoms with van der Waals surface area (Å²) in [6.07, 6.45) is 1.00. The number of benzene rings is 3. The van der Waals surface area contributed by atoms with Gasteiger partial charge in [0, 0.05) is 6.54 Å². The van der Waals surface area contributed by atoms with Crippen LogP contribution < -0.4 is 14.8 Å². The van der Waals surface area contributed by atoms with E-state index in [9.17, 15) is 0 Å². The lowest BCUT2D eigenvalue weighted by molar-refractivity contribution is 0.286. The highest BCUT2D eigenvalue weighted by molar-refractivity contribution is 5.64. The summed E-state index contributed by atoms with van der Waals surface area (Å²) in [5.74, 6) is 1.68. The molecule has 1 N–H and O–H groups in total. The molecule has 0 amide bonds. The number of hydrogen-bond donors (Lipinski definition) is 1. The summed E-state index contributed by atoms with van der Waals surface area (Å²) in [6.45, 7) is 6.24. The molecule has 28 heavy (non-hydrogen) atoms. The van der Waals surface area contributed by atoms with Crippen LogP contribution in [0.15, 0.2) is 66.7 Å². The summed E-state index contributed by atoms with van der Waals surface area (Å²) in [4.78, 5) is 0. The van der Waals surface area contributed by atoms with E-state index in [0.717, 1.165) is 24.5 Å². The highest BCUT2D eigenvalue weighted by atomic mass is 16.5. The highest BCUT2D eigenvalue weighted by Gasteiger charge is 2.24. The van der Waals surface area contributed by atoms with Gasteiger partial charge in [-0.05, 0) is 60.2 Å². The van der Waals surface area contributed by atoms with Gasteiger partial charge in [-0.25, -0.2) is 0 Å². The molecular weight excluding hydrogens is 346 g/mol. The minimum atomic E-state index is 0.170. The number of nitrogens with one attached hydrogen (secondary N) is 1. The first-order valence-corrected chi connectivity index (χ1v) is 10.1. The van der Waals surface area contributed by atoms with E-state index >= 15 is 0 Å². The van der Waals surface area contributed by atoms with Gasteiger partial charge in [-0.15, -0.1) is 0 Å². The van der Waals surface area contributed by atoms with Crippen molar-refractivity contribution in [3.8, 4) is 22.6 Å². The summed E-state index contributed by atoms with van der Waals surface area (Å²) in [6, 6.07) is 23.9. The summed E-state index contributed by atoms with van der Waals surface area (Å²) >= 11 is 0. The van der Waals surface area contributed by atoms with Crippen LogP contribution in [0.2, 0.25) is 0 Å². The van der Waals surface area contributed by atoms with E-state index < -0.39 is 0 Å². The first-order chi connectivity index (χ1) is 13.8. The molecule has 3 aromatic carbocycles. The minimum Gasteiger partial charge on any atom is -0.490 e. The third-order valence-corrected chi connectivity index (χ3v) is 5.21. The predicted molar refractivity (Wildman–Crippen MR) is 114 cm³/mol. The third kappa shape index (κ3) is 3.76. The molecule has 1 atom stereocenters. The van der Waals surface area contributed by atoms with Gasteiger partial charge in [0.2, 0.25) is 0 Å². The van der Waals surface area contributed by atoms with E-state index in [2.05, 4.69) is 66.0 Å². The van der Waals surface area contributed by atoms with E-state index in [-0.39, 0.29) is 6.04 Å². The lowest BCUT2D eigenvalue weighted by atomic mass is 9.88. The Morgan fingerprint density at radius 1 is 0.821 bits per heavy atom. The van der Waals surface area contributed by atoms with Crippen LogP contribution in [0, 0.1) is 0 Å². The Morgan fingerprint density at radius 2 is 1.46 bits per heavy atom. The topological polar surface area (TPSA) is 30.5 Å². The van der Waals surface area contributed by atoms with Gasteiger partial charge in [-0.1, -0.05) is 54.6 Å². The molecule has 1 aliphatic rings. The lowest BCUT2D eigenvalue weighted by Gasteiger charge is -2.29. The Balaban J connectivity index is 1.68. The maximum Gasteiger partial charge on any atom is 0.161 e. The summed E-state index contributed by atoms with van der Waals surface area (Å²) in [7, 11) is 0. The molecule has 144 valence electrons. The van der Waals surface area contributed by atoms with Gasteiger partial charge in [0.1, 0.15) is 0 Å². The summed E-state index contributed by atoms with van der Waals surface area (Å²) < 4.78 is 11.7. The van der Waals surface area contributed by atoms with Gasteiger partial charge in [0.25, 0.3) is 0 Å². The Bertz CT molecular complexity index is 919. The molecule has 4 rings (SSSR count). The first kappa shape index (κ1) is 18.6. The molecule has 3 nitrogen and oxygen atoms in total. The van der Waals surface area contributed by atoms with E-state index in [1.165, 1.54) is 27.8 Å². The van der Waals surface area contributed by atoms with Crippen molar-refractivity contribution < 1.29 is 9.47 Å². The Labute approximate surface area is 167 Å². The molecule has 1 aliphatic heterocycles. The fraction of sp³-hybridized carbons (Fsp3) is 0.280. The maximum atomic E-state index is 5.86. The second kappa shape index (κ2) is 8.49. The fourth-order valence-electron chi connectivity index (χ4n) is 3.90. The predicted octanol–water partition coefficient (Wildman–Crippen LogP) is 5.39. The summed E-state index contributed by atoms with van der Waals surface area (Å²) in [5, 5.41) is 3.68. The molecule has 0 radical (unpaired) electrons. The number of hydrogen-bond acceptors (Lipinski definition) is 3. The van der Waals surface area contributed by atoms with Crippen molar-refractivity contribution in [2.24, 2.45) is 0 Å². The van der Waals surface area contributed by atoms with Crippen molar-refractivity contribution in [1.29, 1.82) is 0 Å². The van der Waals surface area contributed by atoms with Gasteiger partial charge in [0.15, 0.2) is 11.5 Å². The molecular formula is C25H27NO2. The normalized spacial score (nSPS) is 15.7. The van der Waals surface area contributed by atoms with Crippen LogP contribution in [-0.2, 0) is 6.42 Å². The molecule has 3 aromatic rings. The molecule has 3 heteroatoms. The third-order valence-electron chi connectivity index (χ3n) is 5.21.